The quantitative estimate of drug-likeness (QED) is 0.219. The minimum atomic E-state index is -0.730. The molecule has 1 heterocycles. The van der Waals surface area contributed by atoms with E-state index in [1.807, 2.05) is 6.92 Å². The lowest BCUT2D eigenvalue weighted by Gasteiger charge is -2.15. The van der Waals surface area contributed by atoms with Gasteiger partial charge in [-0.05, 0) is 67.1 Å². The summed E-state index contributed by atoms with van der Waals surface area (Å²) in [5.41, 5.74) is 0.947. The van der Waals surface area contributed by atoms with Gasteiger partial charge in [0, 0.05) is 11.8 Å². The van der Waals surface area contributed by atoms with E-state index in [0.29, 0.717) is 12.1 Å². The van der Waals surface area contributed by atoms with E-state index in [9.17, 15) is 24.3 Å². The van der Waals surface area contributed by atoms with E-state index in [2.05, 4.69) is 5.32 Å². The average Bonchev–Trinajstić information content (AvgIpc) is 3.12. The Bertz CT molecular complexity index is 1450. The molecule has 3 aromatic rings. The number of carbonyl (C=O) groups is 4. The van der Waals surface area contributed by atoms with Gasteiger partial charge in [-0.1, -0.05) is 30.1 Å². The van der Waals surface area contributed by atoms with Crippen LogP contribution in [-0.2, 0) is 14.3 Å². The van der Waals surface area contributed by atoms with E-state index >= 15 is 0 Å². The number of hydrogen-bond donors (Lipinski definition) is 2. The largest absolute Gasteiger partial charge is 0.506 e. The highest BCUT2D eigenvalue weighted by Gasteiger charge is 2.39. The Labute approximate surface area is 227 Å². The second kappa shape index (κ2) is 11.4. The predicted octanol–water partition coefficient (Wildman–Crippen LogP) is 5.27. The number of phenolic OH excluding ortho intramolecular Hbond substituents is 1. The summed E-state index contributed by atoms with van der Waals surface area (Å²) in [6, 6.07) is 15.8. The first-order valence-electron chi connectivity index (χ1n) is 11.3. The van der Waals surface area contributed by atoms with Crippen molar-refractivity contribution in [1.82, 2.24) is 0 Å². The van der Waals surface area contributed by atoms with Gasteiger partial charge in [-0.2, -0.15) is 0 Å². The summed E-state index contributed by atoms with van der Waals surface area (Å²) in [5.74, 6) is -2.72. The van der Waals surface area contributed by atoms with Crippen molar-refractivity contribution in [2.75, 3.05) is 16.8 Å². The van der Waals surface area contributed by atoms with Gasteiger partial charge in [-0.25, -0.2) is 14.5 Å². The number of esters is 2. The zero-order valence-corrected chi connectivity index (χ0v) is 21.4. The van der Waals surface area contributed by atoms with Gasteiger partial charge in [0.1, 0.15) is 22.2 Å². The van der Waals surface area contributed by atoms with Crippen molar-refractivity contribution in [3.8, 4) is 11.5 Å². The molecule has 0 saturated heterocycles. The van der Waals surface area contributed by atoms with Crippen LogP contribution in [0, 0.1) is 0 Å². The van der Waals surface area contributed by atoms with Crippen molar-refractivity contribution >= 4 is 58.3 Å². The van der Waals surface area contributed by atoms with E-state index in [-0.39, 0.29) is 50.7 Å². The second-order valence-electron chi connectivity index (χ2n) is 8.02. The molecule has 0 spiro atoms. The molecule has 3 aromatic carbocycles. The first-order chi connectivity index (χ1) is 18.2. The molecular formula is C27H20Cl2N2O7. The molecular weight excluding hydrogens is 535 g/mol. The molecule has 0 aromatic heterocycles. The monoisotopic (exact) mass is 554 g/mol. The zero-order valence-electron chi connectivity index (χ0n) is 19.9. The molecule has 1 aliphatic heterocycles. The fraction of sp³-hybridized carbons (Fsp3) is 0.111. The summed E-state index contributed by atoms with van der Waals surface area (Å²) in [6.07, 6.45) is 0.683. The Balaban J connectivity index is 1.43. The maximum absolute atomic E-state index is 13.0. The smallest absolute Gasteiger partial charge is 0.343 e. The van der Waals surface area contributed by atoms with Crippen molar-refractivity contribution in [2.45, 2.75) is 13.3 Å². The van der Waals surface area contributed by atoms with Crippen molar-refractivity contribution < 1.29 is 33.8 Å². The molecule has 0 unspecified atom stereocenters. The number of carbonyl (C=O) groups excluding carboxylic acids is 4. The lowest BCUT2D eigenvalue weighted by Crippen LogP contribution is -2.32. The molecule has 1 aliphatic rings. The van der Waals surface area contributed by atoms with Crippen LogP contribution in [-0.4, -0.2) is 35.5 Å². The number of imide groups is 1. The summed E-state index contributed by atoms with van der Waals surface area (Å²) in [5, 5.41) is 12.3. The van der Waals surface area contributed by atoms with Gasteiger partial charge in [0.15, 0.2) is 0 Å². The lowest BCUT2D eigenvalue weighted by atomic mass is 10.2. The molecule has 0 fully saturated rings. The van der Waals surface area contributed by atoms with Crippen LogP contribution in [0.1, 0.15) is 34.1 Å². The van der Waals surface area contributed by atoms with Gasteiger partial charge in [0.2, 0.25) is 0 Å². The van der Waals surface area contributed by atoms with Crippen LogP contribution < -0.4 is 15.0 Å². The topological polar surface area (TPSA) is 122 Å². The molecule has 0 atom stereocenters. The van der Waals surface area contributed by atoms with Crippen molar-refractivity contribution in [3.63, 3.8) is 0 Å². The number of halogens is 2. The Morgan fingerprint density at radius 3 is 2.16 bits per heavy atom. The van der Waals surface area contributed by atoms with Crippen LogP contribution >= 0.6 is 23.2 Å². The van der Waals surface area contributed by atoms with Crippen LogP contribution in [0.4, 0.5) is 11.4 Å². The van der Waals surface area contributed by atoms with Crippen LogP contribution in [0.3, 0.4) is 0 Å². The van der Waals surface area contributed by atoms with Gasteiger partial charge in [-0.3, -0.25) is 9.59 Å². The third-order valence-corrected chi connectivity index (χ3v) is 6.01. The number of nitrogens with one attached hydrogen (secondary N) is 1. The molecule has 0 saturated carbocycles. The standard InChI is InChI=1S/C27H20Cl2N2O7/c1-2-13-37-26(35)15-5-9-18(10-6-15)31-24(33)22(29)23(25(31)34)30-17-7-3-16(4-8-17)27(36)38-19-11-12-20(28)21(32)14-19/h3-12,14,30,32H,2,13H2,1H3. The molecule has 4 rings (SSSR count). The predicted molar refractivity (Wildman–Crippen MR) is 141 cm³/mol. The molecule has 0 aliphatic carbocycles. The first-order valence-corrected chi connectivity index (χ1v) is 12.1. The van der Waals surface area contributed by atoms with E-state index < -0.39 is 23.8 Å². The first kappa shape index (κ1) is 26.7. The fourth-order valence-electron chi connectivity index (χ4n) is 3.43. The van der Waals surface area contributed by atoms with E-state index in [0.717, 1.165) is 4.90 Å². The number of hydrogen-bond acceptors (Lipinski definition) is 8. The van der Waals surface area contributed by atoms with E-state index in [4.69, 9.17) is 32.7 Å². The van der Waals surface area contributed by atoms with Gasteiger partial charge in [0.05, 0.1) is 28.4 Å². The number of nitrogens with zero attached hydrogens (tertiary/aromatic N) is 1. The minimum absolute atomic E-state index is 0.108. The average molecular weight is 555 g/mol. The number of phenols is 1. The van der Waals surface area contributed by atoms with Crippen LogP contribution in [0.2, 0.25) is 5.02 Å². The number of ether oxygens (including phenoxy) is 2. The molecule has 2 amide bonds. The molecule has 11 heteroatoms. The zero-order chi connectivity index (χ0) is 27.4. The van der Waals surface area contributed by atoms with Crippen molar-refractivity contribution in [2.24, 2.45) is 0 Å². The fourth-order valence-corrected chi connectivity index (χ4v) is 3.76. The number of rotatable bonds is 8. The highest BCUT2D eigenvalue weighted by atomic mass is 35.5. The Kier molecular flexibility index (Phi) is 7.99. The molecule has 0 bridgehead atoms. The Morgan fingerprint density at radius 1 is 0.895 bits per heavy atom. The summed E-state index contributed by atoms with van der Waals surface area (Å²) in [4.78, 5) is 51.1. The summed E-state index contributed by atoms with van der Waals surface area (Å²) < 4.78 is 10.3. The molecule has 2 N–H and O–H groups in total. The minimum Gasteiger partial charge on any atom is -0.506 e. The Hall–Kier alpha value is -4.34. The van der Waals surface area contributed by atoms with Gasteiger partial charge < -0.3 is 19.9 Å². The number of benzene rings is 3. The van der Waals surface area contributed by atoms with Crippen molar-refractivity contribution in [1.29, 1.82) is 0 Å². The van der Waals surface area contributed by atoms with E-state index in [1.54, 1.807) is 0 Å². The highest BCUT2D eigenvalue weighted by molar-refractivity contribution is 6.53. The van der Waals surface area contributed by atoms with Gasteiger partial charge in [0.25, 0.3) is 11.8 Å². The number of anilines is 2. The van der Waals surface area contributed by atoms with Crippen molar-refractivity contribution in [3.05, 3.63) is 93.6 Å². The second-order valence-corrected chi connectivity index (χ2v) is 8.81. The third-order valence-electron chi connectivity index (χ3n) is 5.34. The SMILES string of the molecule is CCCOC(=O)c1ccc(N2C(=O)C(Cl)=C(Nc3ccc(C(=O)Oc4ccc(Cl)c(O)c4)cc3)C2=O)cc1. The summed E-state index contributed by atoms with van der Waals surface area (Å²) in [7, 11) is 0. The highest BCUT2D eigenvalue weighted by Crippen LogP contribution is 2.31. The summed E-state index contributed by atoms with van der Waals surface area (Å²) in [6.45, 7) is 2.16. The normalized spacial score (nSPS) is 13.1. The van der Waals surface area contributed by atoms with E-state index in [1.165, 1.54) is 66.7 Å². The van der Waals surface area contributed by atoms with Crippen LogP contribution in [0.25, 0.3) is 0 Å². The third kappa shape index (κ3) is 5.64. The maximum Gasteiger partial charge on any atom is 0.343 e. The van der Waals surface area contributed by atoms with Crippen LogP contribution in [0.5, 0.6) is 11.5 Å². The summed E-state index contributed by atoms with van der Waals surface area (Å²) >= 11 is 11.9. The molecule has 194 valence electrons. The maximum atomic E-state index is 13.0. The van der Waals surface area contributed by atoms with Gasteiger partial charge >= 0.3 is 11.9 Å². The molecule has 9 nitrogen and oxygen atoms in total. The van der Waals surface area contributed by atoms with Gasteiger partial charge in [-0.15, -0.1) is 0 Å². The molecule has 38 heavy (non-hydrogen) atoms. The lowest BCUT2D eigenvalue weighted by molar-refractivity contribution is -0.120. The molecule has 0 radical (unpaired) electrons. The van der Waals surface area contributed by atoms with Crippen LogP contribution in [0.15, 0.2) is 77.5 Å². The number of amides is 2. The number of aromatic hydroxyl groups is 1. The Morgan fingerprint density at radius 2 is 1.53 bits per heavy atom.